The summed E-state index contributed by atoms with van der Waals surface area (Å²) in [4.78, 5) is 39.3. The number of rotatable bonds is 6. The van der Waals surface area contributed by atoms with Crippen LogP contribution in [0.2, 0.25) is 0 Å². The maximum atomic E-state index is 12.6. The van der Waals surface area contributed by atoms with Gasteiger partial charge in [-0.1, -0.05) is 12.1 Å². The highest BCUT2D eigenvalue weighted by molar-refractivity contribution is 6.00. The number of fused-ring (bicyclic) bond motifs is 1. The van der Waals surface area contributed by atoms with Crippen LogP contribution in [-0.4, -0.2) is 52.5 Å². The zero-order chi connectivity index (χ0) is 18.1. The first-order valence-electron chi connectivity index (χ1n) is 8.51. The molecule has 1 N–H and O–H groups in total. The van der Waals surface area contributed by atoms with E-state index in [4.69, 9.17) is 4.74 Å². The molecular weight excluding hydrogens is 324 g/mol. The molecule has 2 aliphatic rings. The van der Waals surface area contributed by atoms with E-state index in [0.29, 0.717) is 11.4 Å². The van der Waals surface area contributed by atoms with Crippen molar-refractivity contribution in [3.63, 3.8) is 0 Å². The van der Waals surface area contributed by atoms with Crippen LogP contribution in [0.5, 0.6) is 5.75 Å². The maximum Gasteiger partial charge on any atom is 0.326 e. The van der Waals surface area contributed by atoms with Gasteiger partial charge in [-0.2, -0.15) is 0 Å². The smallest absolute Gasteiger partial charge is 0.326 e. The van der Waals surface area contributed by atoms with Gasteiger partial charge >= 0.3 is 5.97 Å². The molecule has 2 unspecified atom stereocenters. The fourth-order valence-electron chi connectivity index (χ4n) is 3.13. The largest absolute Gasteiger partial charge is 0.480 e. The van der Waals surface area contributed by atoms with Gasteiger partial charge in [0.2, 0.25) is 5.91 Å². The van der Waals surface area contributed by atoms with Gasteiger partial charge in [-0.3, -0.25) is 9.59 Å². The van der Waals surface area contributed by atoms with Crippen LogP contribution in [0, 0.1) is 0 Å². The molecule has 0 radical (unpaired) electrons. The third kappa shape index (κ3) is 3.45. The van der Waals surface area contributed by atoms with Crippen LogP contribution >= 0.6 is 0 Å². The standard InChI is InChI=1S/C18H22N2O5/c1-11(18(23)24)20(13-7-8-13)16(21)9-10-19-14-5-3-4-6-15(14)25-12(2)17(19)22/h3-6,11-13H,7-10H2,1-2H3,(H,23,24). The molecule has 3 rings (SSSR count). The van der Waals surface area contributed by atoms with Gasteiger partial charge in [0.1, 0.15) is 11.8 Å². The van der Waals surface area contributed by atoms with E-state index < -0.39 is 18.1 Å². The first-order chi connectivity index (χ1) is 11.9. The molecule has 0 saturated heterocycles. The maximum absolute atomic E-state index is 12.6. The number of para-hydroxylation sites is 2. The summed E-state index contributed by atoms with van der Waals surface area (Å²) in [7, 11) is 0. The van der Waals surface area contributed by atoms with Gasteiger partial charge in [0.25, 0.3) is 5.91 Å². The zero-order valence-electron chi connectivity index (χ0n) is 14.3. The van der Waals surface area contributed by atoms with Gasteiger partial charge in [0.15, 0.2) is 6.10 Å². The molecule has 1 aromatic carbocycles. The minimum absolute atomic E-state index is 0.00482. The van der Waals surface area contributed by atoms with Gasteiger partial charge in [0, 0.05) is 19.0 Å². The Hall–Kier alpha value is -2.57. The zero-order valence-corrected chi connectivity index (χ0v) is 14.3. The van der Waals surface area contributed by atoms with Gasteiger partial charge in [-0.25, -0.2) is 4.79 Å². The summed E-state index contributed by atoms with van der Waals surface area (Å²) in [5.41, 5.74) is 0.641. The highest BCUT2D eigenvalue weighted by Gasteiger charge is 2.39. The number of carbonyl (C=O) groups is 3. The minimum atomic E-state index is -1.01. The van der Waals surface area contributed by atoms with Crippen LogP contribution in [0.4, 0.5) is 5.69 Å². The lowest BCUT2D eigenvalue weighted by Gasteiger charge is -2.33. The summed E-state index contributed by atoms with van der Waals surface area (Å²) in [5, 5.41) is 9.23. The van der Waals surface area contributed by atoms with Crippen molar-refractivity contribution >= 4 is 23.5 Å². The number of amides is 2. The second-order valence-corrected chi connectivity index (χ2v) is 6.51. The molecular formula is C18H22N2O5. The van der Waals surface area contributed by atoms with E-state index >= 15 is 0 Å². The van der Waals surface area contributed by atoms with Crippen molar-refractivity contribution in [2.75, 3.05) is 11.4 Å². The number of anilines is 1. The van der Waals surface area contributed by atoms with Gasteiger partial charge < -0.3 is 19.6 Å². The molecule has 7 heteroatoms. The molecule has 1 saturated carbocycles. The quantitative estimate of drug-likeness (QED) is 0.846. The number of hydrogen-bond donors (Lipinski definition) is 1. The van der Waals surface area contributed by atoms with E-state index in [0.717, 1.165) is 12.8 Å². The Morgan fingerprint density at radius 1 is 1.36 bits per heavy atom. The molecule has 0 aromatic heterocycles. The van der Waals surface area contributed by atoms with Crippen LogP contribution in [-0.2, 0) is 14.4 Å². The number of carboxylic acids is 1. The lowest BCUT2D eigenvalue weighted by molar-refractivity contribution is -0.150. The third-order valence-electron chi connectivity index (χ3n) is 4.63. The number of nitrogens with zero attached hydrogens (tertiary/aromatic N) is 2. The van der Waals surface area contributed by atoms with Crippen LogP contribution in [0.15, 0.2) is 24.3 Å². The van der Waals surface area contributed by atoms with E-state index in [9.17, 15) is 19.5 Å². The first kappa shape index (κ1) is 17.3. The Morgan fingerprint density at radius 3 is 2.68 bits per heavy atom. The topological polar surface area (TPSA) is 87.2 Å². The summed E-state index contributed by atoms with van der Waals surface area (Å²) >= 11 is 0. The van der Waals surface area contributed by atoms with E-state index in [2.05, 4.69) is 0 Å². The molecule has 1 aliphatic carbocycles. The highest BCUT2D eigenvalue weighted by Crippen LogP contribution is 2.34. The van der Waals surface area contributed by atoms with E-state index in [1.54, 1.807) is 24.0 Å². The Bertz CT molecular complexity index is 700. The summed E-state index contributed by atoms with van der Waals surface area (Å²) < 4.78 is 5.58. The summed E-state index contributed by atoms with van der Waals surface area (Å²) in [6.45, 7) is 3.41. The number of hydrogen-bond acceptors (Lipinski definition) is 4. The number of carboxylic acid groups (broad SMARTS) is 1. The van der Waals surface area contributed by atoms with Crippen LogP contribution in [0.1, 0.15) is 33.1 Å². The second-order valence-electron chi connectivity index (χ2n) is 6.51. The first-order valence-corrected chi connectivity index (χ1v) is 8.51. The van der Waals surface area contributed by atoms with Gasteiger partial charge in [0.05, 0.1) is 5.69 Å². The third-order valence-corrected chi connectivity index (χ3v) is 4.63. The Labute approximate surface area is 146 Å². The lowest BCUT2D eigenvalue weighted by atomic mass is 10.1. The summed E-state index contributed by atoms with van der Waals surface area (Å²) in [6.07, 6.45) is 1.14. The van der Waals surface area contributed by atoms with Crippen LogP contribution < -0.4 is 9.64 Å². The number of carbonyl (C=O) groups excluding carboxylic acids is 2. The normalized spacial score (nSPS) is 20.5. The van der Waals surface area contributed by atoms with E-state index in [1.165, 1.54) is 11.8 Å². The Morgan fingerprint density at radius 2 is 2.04 bits per heavy atom. The second kappa shape index (κ2) is 6.74. The number of aliphatic carboxylic acids is 1. The van der Waals surface area contributed by atoms with Crippen molar-refractivity contribution in [1.29, 1.82) is 0 Å². The van der Waals surface area contributed by atoms with Crippen molar-refractivity contribution in [3.8, 4) is 5.75 Å². The monoisotopic (exact) mass is 346 g/mol. The van der Waals surface area contributed by atoms with Crippen molar-refractivity contribution in [2.24, 2.45) is 0 Å². The molecule has 0 spiro atoms. The van der Waals surface area contributed by atoms with E-state index in [1.807, 2.05) is 12.1 Å². The Kier molecular flexibility index (Phi) is 4.65. The van der Waals surface area contributed by atoms with Crippen LogP contribution in [0.25, 0.3) is 0 Å². The molecule has 7 nitrogen and oxygen atoms in total. The highest BCUT2D eigenvalue weighted by atomic mass is 16.5. The summed E-state index contributed by atoms with van der Waals surface area (Å²) in [5.74, 6) is -0.834. The summed E-state index contributed by atoms with van der Waals surface area (Å²) in [6, 6.07) is 6.35. The van der Waals surface area contributed by atoms with Gasteiger partial charge in [-0.15, -0.1) is 0 Å². The molecule has 25 heavy (non-hydrogen) atoms. The molecule has 1 fully saturated rings. The van der Waals surface area contributed by atoms with Crippen molar-refractivity contribution in [1.82, 2.24) is 4.90 Å². The molecule has 0 bridgehead atoms. The molecule has 1 aromatic rings. The molecule has 2 atom stereocenters. The van der Waals surface area contributed by atoms with Gasteiger partial charge in [-0.05, 0) is 38.8 Å². The average Bonchev–Trinajstić information content (AvgIpc) is 3.40. The SMILES string of the molecule is CC1Oc2ccccc2N(CCC(=O)N(C2CC2)C(C)C(=O)O)C1=O. The predicted octanol–water partition coefficient (Wildman–Crippen LogP) is 1.65. The molecule has 1 heterocycles. The van der Waals surface area contributed by atoms with Crippen LogP contribution in [0.3, 0.4) is 0 Å². The van der Waals surface area contributed by atoms with E-state index in [-0.39, 0.29) is 30.8 Å². The predicted molar refractivity (Wildman–Crippen MR) is 90.5 cm³/mol. The molecule has 2 amide bonds. The minimum Gasteiger partial charge on any atom is -0.480 e. The van der Waals surface area contributed by atoms with Crippen molar-refractivity contribution in [2.45, 2.75) is 51.3 Å². The molecule has 1 aliphatic heterocycles. The fraction of sp³-hybridized carbons (Fsp3) is 0.500. The Balaban J connectivity index is 1.73. The lowest BCUT2D eigenvalue weighted by Crippen LogP contribution is -2.48. The molecule has 134 valence electrons. The number of benzene rings is 1. The van der Waals surface area contributed by atoms with Crippen molar-refractivity contribution in [3.05, 3.63) is 24.3 Å². The number of ether oxygens (including phenoxy) is 1. The fourth-order valence-corrected chi connectivity index (χ4v) is 3.13. The average molecular weight is 346 g/mol. The van der Waals surface area contributed by atoms with Crippen molar-refractivity contribution < 1.29 is 24.2 Å².